The van der Waals surface area contributed by atoms with Gasteiger partial charge < -0.3 is 30.4 Å². The van der Waals surface area contributed by atoms with E-state index in [4.69, 9.17) is 0 Å². The second-order valence-electron chi connectivity index (χ2n) is 9.85. The van der Waals surface area contributed by atoms with Crippen molar-refractivity contribution < 1.29 is 20.1 Å². The molecule has 1 atom stereocenters. The summed E-state index contributed by atoms with van der Waals surface area (Å²) in [5.41, 5.74) is 2.37. The number of carbonyl (C=O) groups excluding carboxylic acids is 1. The van der Waals surface area contributed by atoms with Crippen molar-refractivity contribution in [3.63, 3.8) is 0 Å². The van der Waals surface area contributed by atoms with E-state index in [1.807, 2.05) is 17.0 Å². The first kappa shape index (κ1) is 26.1. The summed E-state index contributed by atoms with van der Waals surface area (Å²) in [6.45, 7) is 7.56. The van der Waals surface area contributed by atoms with Crippen LogP contribution in [0.5, 0.6) is 5.75 Å². The highest BCUT2D eigenvalue weighted by Crippen LogP contribution is 2.20. The minimum absolute atomic E-state index is 0.0896. The first-order valence-electron chi connectivity index (χ1n) is 11.9. The van der Waals surface area contributed by atoms with E-state index in [0.29, 0.717) is 12.1 Å². The highest BCUT2D eigenvalue weighted by atomic mass is 16.3. The molecule has 2 aromatic rings. The molecule has 2 heterocycles. The van der Waals surface area contributed by atoms with Gasteiger partial charge in [0.15, 0.2) is 0 Å². The number of aromatic nitrogens is 1. The largest absolute Gasteiger partial charge is 0.506 e. The zero-order valence-corrected chi connectivity index (χ0v) is 20.5. The summed E-state index contributed by atoms with van der Waals surface area (Å²) in [5.74, 6) is 0.0879. The summed E-state index contributed by atoms with van der Waals surface area (Å²) < 4.78 is 0. The molecule has 8 nitrogen and oxygen atoms in total. The van der Waals surface area contributed by atoms with E-state index in [-0.39, 0.29) is 36.0 Å². The number of β-amino-alcohol motifs (C(OH)–C–C–N with tert-alkyl or cyclic N) is 1. The van der Waals surface area contributed by atoms with Gasteiger partial charge in [0.25, 0.3) is 0 Å². The third-order valence-corrected chi connectivity index (χ3v) is 6.30. The molecule has 0 saturated carbocycles. The predicted octanol–water partition coefficient (Wildman–Crippen LogP) is 1.63. The smallest absolute Gasteiger partial charge is 0.227 e. The van der Waals surface area contributed by atoms with Gasteiger partial charge in [0.2, 0.25) is 5.91 Å². The van der Waals surface area contributed by atoms with Crippen molar-refractivity contribution >= 4 is 5.91 Å². The number of hydrogen-bond acceptors (Lipinski definition) is 7. The quantitative estimate of drug-likeness (QED) is 0.441. The molecule has 34 heavy (non-hydrogen) atoms. The molecule has 3 rings (SSSR count). The molecule has 0 spiro atoms. The van der Waals surface area contributed by atoms with E-state index in [1.165, 1.54) is 6.07 Å². The third kappa shape index (κ3) is 7.50. The Morgan fingerprint density at radius 2 is 1.91 bits per heavy atom. The first-order valence-corrected chi connectivity index (χ1v) is 11.9. The van der Waals surface area contributed by atoms with Gasteiger partial charge in [-0.1, -0.05) is 24.3 Å². The highest BCUT2D eigenvalue weighted by Gasteiger charge is 2.22. The number of rotatable bonds is 9. The van der Waals surface area contributed by atoms with Gasteiger partial charge in [0.1, 0.15) is 17.5 Å². The summed E-state index contributed by atoms with van der Waals surface area (Å²) in [6, 6.07) is 11.1. The SMILES string of the molecule is CN1CCCN(C(=O)Cc2cccc(CC(C)(C)NCC(O)c3ccc(O)c(CO)n3)c2)CC1. The number of aliphatic hydroxyl groups is 2. The Bertz CT molecular complexity index is 966. The molecule has 1 amide bonds. The number of nitrogens with zero attached hydrogens (tertiary/aromatic N) is 3. The highest BCUT2D eigenvalue weighted by molar-refractivity contribution is 5.78. The van der Waals surface area contributed by atoms with Crippen molar-refractivity contribution in [2.24, 2.45) is 0 Å². The molecular weight excluding hydrogens is 432 g/mol. The maximum atomic E-state index is 12.8. The van der Waals surface area contributed by atoms with Crippen LogP contribution in [0.25, 0.3) is 0 Å². The second-order valence-corrected chi connectivity index (χ2v) is 9.85. The molecule has 1 aromatic carbocycles. The number of likely N-dealkylation sites (N-methyl/N-ethyl adjacent to an activating group) is 1. The van der Waals surface area contributed by atoms with Gasteiger partial charge in [-0.15, -0.1) is 0 Å². The Kier molecular flexibility index (Phi) is 9.02. The molecule has 8 heteroatoms. The van der Waals surface area contributed by atoms with Gasteiger partial charge in [0, 0.05) is 31.7 Å². The van der Waals surface area contributed by atoms with E-state index < -0.39 is 6.10 Å². The van der Waals surface area contributed by atoms with E-state index >= 15 is 0 Å². The van der Waals surface area contributed by atoms with Crippen LogP contribution in [0.2, 0.25) is 0 Å². The Morgan fingerprint density at radius 3 is 2.68 bits per heavy atom. The molecule has 186 valence electrons. The lowest BCUT2D eigenvalue weighted by Crippen LogP contribution is -2.43. The van der Waals surface area contributed by atoms with Gasteiger partial charge in [-0.3, -0.25) is 4.79 Å². The first-order chi connectivity index (χ1) is 16.2. The number of benzene rings is 1. The minimum Gasteiger partial charge on any atom is -0.506 e. The second kappa shape index (κ2) is 11.8. The normalized spacial score (nSPS) is 16.3. The standard InChI is InChI=1S/C26H38N4O4/c1-26(2,27-17-24(33)21-8-9-23(32)22(18-31)28-21)16-20-7-4-6-19(14-20)15-25(34)30-11-5-10-29(3)12-13-30/h4,6-9,14,24,27,31-33H,5,10-13,15-18H2,1-3H3. The van der Waals surface area contributed by atoms with Gasteiger partial charge in [-0.2, -0.15) is 0 Å². The molecule has 0 bridgehead atoms. The predicted molar refractivity (Wildman–Crippen MR) is 131 cm³/mol. The number of aliphatic hydroxyl groups excluding tert-OH is 2. The third-order valence-electron chi connectivity index (χ3n) is 6.30. The van der Waals surface area contributed by atoms with Crippen LogP contribution in [0.4, 0.5) is 0 Å². The van der Waals surface area contributed by atoms with Gasteiger partial charge in [-0.05, 0) is 63.5 Å². The molecular formula is C26H38N4O4. The Morgan fingerprint density at radius 1 is 1.15 bits per heavy atom. The van der Waals surface area contributed by atoms with Crippen LogP contribution < -0.4 is 5.32 Å². The Labute approximate surface area is 202 Å². The lowest BCUT2D eigenvalue weighted by Gasteiger charge is -2.28. The average Bonchev–Trinajstić information content (AvgIpc) is 3.02. The van der Waals surface area contributed by atoms with E-state index in [0.717, 1.165) is 50.1 Å². The van der Waals surface area contributed by atoms with E-state index in [1.54, 1.807) is 6.07 Å². The zero-order chi connectivity index (χ0) is 24.7. The molecule has 1 aliphatic rings. The number of amides is 1. The summed E-state index contributed by atoms with van der Waals surface area (Å²) in [7, 11) is 2.10. The van der Waals surface area contributed by atoms with Crippen molar-refractivity contribution in [3.8, 4) is 5.75 Å². The number of nitrogens with one attached hydrogen (secondary N) is 1. The van der Waals surface area contributed by atoms with Crippen molar-refractivity contribution in [1.29, 1.82) is 0 Å². The van der Waals surface area contributed by atoms with Gasteiger partial charge >= 0.3 is 0 Å². The molecule has 1 unspecified atom stereocenters. The Hall–Kier alpha value is -2.52. The molecule has 0 aliphatic carbocycles. The summed E-state index contributed by atoms with van der Waals surface area (Å²) >= 11 is 0. The number of aromatic hydroxyl groups is 1. The number of hydrogen-bond donors (Lipinski definition) is 4. The fraction of sp³-hybridized carbons (Fsp3) is 0.538. The summed E-state index contributed by atoms with van der Waals surface area (Å²) in [5, 5.41) is 32.9. The van der Waals surface area contributed by atoms with E-state index in [9.17, 15) is 20.1 Å². The Balaban J connectivity index is 1.56. The van der Waals surface area contributed by atoms with Crippen molar-refractivity contribution in [2.75, 3.05) is 39.8 Å². The molecule has 1 saturated heterocycles. The maximum Gasteiger partial charge on any atom is 0.227 e. The van der Waals surface area contributed by atoms with Crippen LogP contribution in [-0.2, 0) is 24.2 Å². The lowest BCUT2D eigenvalue weighted by molar-refractivity contribution is -0.130. The molecule has 4 N–H and O–H groups in total. The van der Waals surface area contributed by atoms with Crippen LogP contribution >= 0.6 is 0 Å². The van der Waals surface area contributed by atoms with Crippen LogP contribution in [-0.4, -0.2) is 81.3 Å². The monoisotopic (exact) mass is 470 g/mol. The topological polar surface area (TPSA) is 109 Å². The van der Waals surface area contributed by atoms with Crippen molar-refractivity contribution in [1.82, 2.24) is 20.1 Å². The summed E-state index contributed by atoms with van der Waals surface area (Å²) in [6.07, 6.45) is 1.27. The zero-order valence-electron chi connectivity index (χ0n) is 20.5. The van der Waals surface area contributed by atoms with Crippen LogP contribution in [0, 0.1) is 0 Å². The minimum atomic E-state index is -0.873. The fourth-order valence-electron chi connectivity index (χ4n) is 4.30. The van der Waals surface area contributed by atoms with Crippen LogP contribution in [0.1, 0.15) is 48.9 Å². The van der Waals surface area contributed by atoms with Gasteiger partial charge in [0.05, 0.1) is 18.7 Å². The number of carbonyl (C=O) groups is 1. The van der Waals surface area contributed by atoms with Gasteiger partial charge in [-0.25, -0.2) is 4.98 Å². The summed E-state index contributed by atoms with van der Waals surface area (Å²) in [4.78, 5) is 21.2. The van der Waals surface area contributed by atoms with Crippen molar-refractivity contribution in [3.05, 3.63) is 58.9 Å². The van der Waals surface area contributed by atoms with Crippen LogP contribution in [0.3, 0.4) is 0 Å². The molecule has 1 aromatic heterocycles. The number of pyridine rings is 1. The fourth-order valence-corrected chi connectivity index (χ4v) is 4.30. The molecule has 1 aliphatic heterocycles. The lowest BCUT2D eigenvalue weighted by atomic mass is 9.93. The van der Waals surface area contributed by atoms with Crippen LogP contribution in [0.15, 0.2) is 36.4 Å². The maximum absolute atomic E-state index is 12.8. The average molecular weight is 471 g/mol. The van der Waals surface area contributed by atoms with E-state index in [2.05, 4.69) is 48.2 Å². The molecule has 1 fully saturated rings. The van der Waals surface area contributed by atoms with Crippen molar-refractivity contribution in [2.45, 2.75) is 51.4 Å². The molecule has 0 radical (unpaired) electrons.